The third-order valence-corrected chi connectivity index (χ3v) is 5.02. The van der Waals surface area contributed by atoms with Gasteiger partial charge in [-0.3, -0.25) is 4.79 Å². The summed E-state index contributed by atoms with van der Waals surface area (Å²) in [5.74, 6) is -0.500. The summed E-state index contributed by atoms with van der Waals surface area (Å²) < 4.78 is 21.0. The molecule has 1 aromatic carbocycles. The van der Waals surface area contributed by atoms with Gasteiger partial charge in [-0.2, -0.15) is 0 Å². The number of hydrogen-bond acceptors (Lipinski definition) is 7. The molecule has 0 unspecified atom stereocenters. The van der Waals surface area contributed by atoms with E-state index < -0.39 is 5.97 Å². The minimum absolute atomic E-state index is 0.252. The molecule has 1 aliphatic heterocycles. The molecule has 8 nitrogen and oxygen atoms in total. The van der Waals surface area contributed by atoms with Crippen LogP contribution in [-0.4, -0.2) is 56.3 Å². The minimum atomic E-state index is -0.642. The number of carbonyl (C=O) groups is 2. The maximum absolute atomic E-state index is 12.1. The van der Waals surface area contributed by atoms with Crippen molar-refractivity contribution < 1.29 is 28.2 Å². The van der Waals surface area contributed by atoms with Crippen molar-refractivity contribution in [2.45, 2.75) is 19.3 Å². The first-order valence-electron chi connectivity index (χ1n) is 9.34. The van der Waals surface area contributed by atoms with Crippen LogP contribution in [0.3, 0.4) is 0 Å². The predicted molar refractivity (Wildman–Crippen MR) is 98.4 cm³/mol. The molecule has 1 amide bonds. The van der Waals surface area contributed by atoms with E-state index in [4.69, 9.17) is 18.6 Å². The lowest BCUT2D eigenvalue weighted by Gasteiger charge is -2.26. The Morgan fingerprint density at radius 1 is 1.07 bits per heavy atom. The quantitative estimate of drug-likeness (QED) is 0.559. The fourth-order valence-electron chi connectivity index (χ4n) is 3.58. The Hall–Kier alpha value is -2.87. The Bertz CT molecular complexity index is 959. The molecule has 2 aliphatic rings. The van der Waals surface area contributed by atoms with E-state index in [1.807, 2.05) is 6.07 Å². The van der Waals surface area contributed by atoms with Crippen LogP contribution in [0.15, 0.2) is 27.4 Å². The van der Waals surface area contributed by atoms with E-state index in [-0.39, 0.29) is 24.7 Å². The molecule has 1 aliphatic carbocycles. The van der Waals surface area contributed by atoms with Crippen molar-refractivity contribution in [1.29, 1.82) is 0 Å². The molecule has 1 aromatic heterocycles. The van der Waals surface area contributed by atoms with Gasteiger partial charge in [0.15, 0.2) is 13.2 Å². The molecule has 1 fully saturated rings. The van der Waals surface area contributed by atoms with Gasteiger partial charge in [-0.15, -0.1) is 0 Å². The first-order valence-corrected chi connectivity index (χ1v) is 9.34. The Morgan fingerprint density at radius 3 is 2.68 bits per heavy atom. The predicted octanol–water partition coefficient (Wildman–Crippen LogP) is 1.06. The maximum atomic E-state index is 12.1. The van der Waals surface area contributed by atoms with Crippen molar-refractivity contribution in [3.05, 3.63) is 39.7 Å². The SMILES string of the molecule is O=C(COc1ccc2c3c(c(=O)oc2c1)CCC3)OCC(=O)N1CCOCC1. The van der Waals surface area contributed by atoms with Crippen LogP contribution >= 0.6 is 0 Å². The van der Waals surface area contributed by atoms with Crippen molar-refractivity contribution in [1.82, 2.24) is 4.90 Å². The highest BCUT2D eigenvalue weighted by molar-refractivity contribution is 5.83. The molecular formula is C20H21NO7. The number of fused-ring (bicyclic) bond motifs is 3. The number of nitrogens with zero attached hydrogens (tertiary/aromatic N) is 1. The third-order valence-electron chi connectivity index (χ3n) is 5.02. The van der Waals surface area contributed by atoms with Gasteiger partial charge in [-0.1, -0.05) is 0 Å². The summed E-state index contributed by atoms with van der Waals surface area (Å²) in [7, 11) is 0. The highest BCUT2D eigenvalue weighted by atomic mass is 16.6. The van der Waals surface area contributed by atoms with Crippen molar-refractivity contribution in [3.63, 3.8) is 0 Å². The van der Waals surface area contributed by atoms with Gasteiger partial charge in [0.05, 0.1) is 13.2 Å². The lowest BCUT2D eigenvalue weighted by atomic mass is 10.1. The number of hydrogen-bond donors (Lipinski definition) is 0. The smallest absolute Gasteiger partial charge is 0.344 e. The molecule has 2 heterocycles. The average molecular weight is 387 g/mol. The fourth-order valence-corrected chi connectivity index (χ4v) is 3.58. The molecule has 0 saturated carbocycles. The van der Waals surface area contributed by atoms with E-state index in [0.29, 0.717) is 37.6 Å². The summed E-state index contributed by atoms with van der Waals surface area (Å²) in [6.07, 6.45) is 2.56. The van der Waals surface area contributed by atoms with Gasteiger partial charge < -0.3 is 23.5 Å². The van der Waals surface area contributed by atoms with E-state index in [9.17, 15) is 14.4 Å². The second-order valence-electron chi connectivity index (χ2n) is 6.80. The van der Waals surface area contributed by atoms with Crippen molar-refractivity contribution in [2.75, 3.05) is 39.5 Å². The molecule has 0 spiro atoms. The molecule has 0 bridgehead atoms. The normalized spacial score (nSPS) is 16.1. The number of ether oxygens (including phenoxy) is 3. The number of benzene rings is 1. The van der Waals surface area contributed by atoms with Gasteiger partial charge in [-0.05, 0) is 37.0 Å². The summed E-state index contributed by atoms with van der Waals surface area (Å²) in [6.45, 7) is 1.32. The van der Waals surface area contributed by atoms with Crippen molar-refractivity contribution in [2.24, 2.45) is 0 Å². The van der Waals surface area contributed by atoms with Gasteiger partial charge >= 0.3 is 11.6 Å². The van der Waals surface area contributed by atoms with Crippen molar-refractivity contribution in [3.8, 4) is 5.75 Å². The number of carbonyl (C=O) groups excluding carboxylic acids is 2. The van der Waals surface area contributed by atoms with Crippen LogP contribution in [0.5, 0.6) is 5.75 Å². The van der Waals surface area contributed by atoms with E-state index in [1.54, 1.807) is 17.0 Å². The summed E-state index contributed by atoms with van der Waals surface area (Å²) in [4.78, 5) is 37.5. The summed E-state index contributed by atoms with van der Waals surface area (Å²) >= 11 is 0. The first kappa shape index (κ1) is 18.5. The standard InChI is InChI=1S/C20H21NO7/c22-18(21-6-8-25-9-7-21)11-27-19(23)12-26-13-4-5-15-14-2-1-3-16(14)20(24)28-17(15)10-13/h4-5,10H,1-3,6-9,11-12H2. The minimum Gasteiger partial charge on any atom is -0.482 e. The van der Waals surface area contributed by atoms with Gasteiger partial charge in [0.1, 0.15) is 11.3 Å². The van der Waals surface area contributed by atoms with Gasteiger partial charge in [0.25, 0.3) is 5.91 Å². The van der Waals surface area contributed by atoms with E-state index in [0.717, 1.165) is 35.8 Å². The second-order valence-corrected chi connectivity index (χ2v) is 6.80. The van der Waals surface area contributed by atoms with Crippen LogP contribution < -0.4 is 10.4 Å². The average Bonchev–Trinajstić information content (AvgIpc) is 3.22. The molecular weight excluding hydrogens is 366 g/mol. The monoisotopic (exact) mass is 387 g/mol. The fraction of sp³-hybridized carbons (Fsp3) is 0.450. The molecule has 8 heteroatoms. The molecule has 28 heavy (non-hydrogen) atoms. The Kier molecular flexibility index (Phi) is 5.29. The molecule has 0 N–H and O–H groups in total. The zero-order valence-corrected chi connectivity index (χ0v) is 15.4. The number of aryl methyl sites for hydroxylation is 1. The van der Waals surface area contributed by atoms with Crippen LogP contribution in [0.1, 0.15) is 17.5 Å². The zero-order valence-electron chi connectivity index (χ0n) is 15.4. The van der Waals surface area contributed by atoms with Crippen LogP contribution in [0.2, 0.25) is 0 Å². The number of esters is 1. The molecule has 4 rings (SSSR count). The molecule has 148 valence electrons. The molecule has 2 aromatic rings. The maximum Gasteiger partial charge on any atom is 0.344 e. The van der Waals surface area contributed by atoms with Crippen LogP contribution in [-0.2, 0) is 31.9 Å². The highest BCUT2D eigenvalue weighted by Gasteiger charge is 2.20. The van der Waals surface area contributed by atoms with E-state index >= 15 is 0 Å². The van der Waals surface area contributed by atoms with Crippen molar-refractivity contribution >= 4 is 22.8 Å². The van der Waals surface area contributed by atoms with E-state index in [2.05, 4.69) is 0 Å². The van der Waals surface area contributed by atoms with Crippen LogP contribution in [0, 0.1) is 0 Å². The summed E-state index contributed by atoms with van der Waals surface area (Å²) in [5, 5.41) is 0.901. The van der Waals surface area contributed by atoms with Gasteiger partial charge in [0.2, 0.25) is 0 Å². The Balaban J connectivity index is 1.33. The van der Waals surface area contributed by atoms with E-state index in [1.165, 1.54) is 0 Å². The number of amides is 1. The lowest BCUT2D eigenvalue weighted by molar-refractivity contribution is -0.155. The van der Waals surface area contributed by atoms with Crippen LogP contribution in [0.4, 0.5) is 0 Å². The Labute approximate surface area is 161 Å². The third kappa shape index (κ3) is 3.87. The van der Waals surface area contributed by atoms with Gasteiger partial charge in [-0.25, -0.2) is 9.59 Å². The Morgan fingerprint density at radius 2 is 1.86 bits per heavy atom. The molecule has 0 radical (unpaired) electrons. The number of rotatable bonds is 5. The lowest BCUT2D eigenvalue weighted by Crippen LogP contribution is -2.42. The zero-order chi connectivity index (χ0) is 19.5. The largest absolute Gasteiger partial charge is 0.482 e. The molecule has 0 atom stereocenters. The topological polar surface area (TPSA) is 95.3 Å². The summed E-state index contributed by atoms with van der Waals surface area (Å²) in [5.41, 5.74) is 1.94. The van der Waals surface area contributed by atoms with Gasteiger partial charge in [0, 0.05) is 30.1 Å². The summed E-state index contributed by atoms with van der Waals surface area (Å²) in [6, 6.07) is 5.17. The number of morpholine rings is 1. The molecule has 1 saturated heterocycles. The van der Waals surface area contributed by atoms with Crippen LogP contribution in [0.25, 0.3) is 11.0 Å². The second kappa shape index (κ2) is 8.02. The first-order chi connectivity index (χ1) is 13.6. The highest BCUT2D eigenvalue weighted by Crippen LogP contribution is 2.29.